The normalized spacial score (nSPS) is 15.5. The minimum absolute atomic E-state index is 0.0709. The molecule has 10 nitrogen and oxygen atoms in total. The molecule has 0 unspecified atom stereocenters. The van der Waals surface area contributed by atoms with E-state index in [0.717, 1.165) is 12.1 Å². The van der Waals surface area contributed by atoms with Crippen molar-refractivity contribution in [1.29, 1.82) is 0 Å². The van der Waals surface area contributed by atoms with E-state index in [0.29, 0.717) is 36.9 Å². The maximum atomic E-state index is 13.6. The highest BCUT2D eigenvalue weighted by Crippen LogP contribution is 2.31. The van der Waals surface area contributed by atoms with Gasteiger partial charge in [0.25, 0.3) is 0 Å². The lowest BCUT2D eigenvalue weighted by Gasteiger charge is -2.33. The molecule has 0 radical (unpaired) electrons. The first kappa shape index (κ1) is 23.0. The summed E-state index contributed by atoms with van der Waals surface area (Å²) in [6.07, 6.45) is 0. The van der Waals surface area contributed by atoms with E-state index in [4.69, 9.17) is 9.47 Å². The summed E-state index contributed by atoms with van der Waals surface area (Å²) in [4.78, 5) is 2.06. The molecule has 1 aromatic heterocycles. The van der Waals surface area contributed by atoms with Gasteiger partial charge < -0.3 is 9.47 Å². The number of methoxy groups -OCH3 is 2. The van der Waals surface area contributed by atoms with Gasteiger partial charge in [-0.15, -0.1) is 5.10 Å². The van der Waals surface area contributed by atoms with Crippen molar-refractivity contribution in [2.24, 2.45) is 0 Å². The van der Waals surface area contributed by atoms with Gasteiger partial charge in [-0.05, 0) is 34.7 Å². The van der Waals surface area contributed by atoms with Gasteiger partial charge in [-0.1, -0.05) is 0 Å². The van der Waals surface area contributed by atoms with Gasteiger partial charge in [-0.25, -0.2) is 17.2 Å². The number of nitrogens with zero attached hydrogens (tertiary/aromatic N) is 6. The average Bonchev–Trinajstić information content (AvgIpc) is 3.28. The summed E-state index contributed by atoms with van der Waals surface area (Å²) in [5.41, 5.74) is 0.293. The van der Waals surface area contributed by atoms with Crippen LogP contribution >= 0.6 is 0 Å². The van der Waals surface area contributed by atoms with Gasteiger partial charge in [0.2, 0.25) is 10.0 Å². The molecule has 176 valence electrons. The smallest absolute Gasteiger partial charge is 0.246 e. The van der Waals surface area contributed by atoms with Crippen molar-refractivity contribution < 1.29 is 26.7 Å². The third kappa shape index (κ3) is 4.65. The minimum atomic E-state index is -3.77. The van der Waals surface area contributed by atoms with Crippen molar-refractivity contribution in [3.8, 4) is 17.2 Å². The fourth-order valence-corrected chi connectivity index (χ4v) is 5.14. The third-order valence-electron chi connectivity index (χ3n) is 5.37. The van der Waals surface area contributed by atoms with Gasteiger partial charge in [-0.3, -0.25) is 4.90 Å². The van der Waals surface area contributed by atoms with E-state index in [-0.39, 0.29) is 23.7 Å². The highest BCUT2D eigenvalue weighted by Gasteiger charge is 2.31. The van der Waals surface area contributed by atoms with Crippen LogP contribution in [0.15, 0.2) is 41.3 Å². The van der Waals surface area contributed by atoms with E-state index >= 15 is 0 Å². The number of hydrogen-bond acceptors (Lipinski definition) is 8. The third-order valence-corrected chi connectivity index (χ3v) is 7.30. The van der Waals surface area contributed by atoms with E-state index in [1.165, 1.54) is 41.4 Å². The second-order valence-corrected chi connectivity index (χ2v) is 9.21. The molecule has 13 heteroatoms. The fraction of sp³-hybridized carbons (Fsp3) is 0.350. The topological polar surface area (TPSA) is 103 Å². The molecule has 4 rings (SSSR count). The lowest BCUT2D eigenvalue weighted by Crippen LogP contribution is -2.48. The number of piperazine rings is 1. The molecule has 0 aliphatic carbocycles. The minimum Gasteiger partial charge on any atom is -0.497 e. The Morgan fingerprint density at radius 2 is 1.73 bits per heavy atom. The Bertz CT molecular complexity index is 1250. The number of benzene rings is 2. The molecule has 2 heterocycles. The first-order valence-electron chi connectivity index (χ1n) is 10.0. The molecular weight excluding hydrogens is 458 g/mol. The molecule has 1 aliphatic heterocycles. The summed E-state index contributed by atoms with van der Waals surface area (Å²) in [7, 11) is -0.875. The van der Waals surface area contributed by atoms with Crippen LogP contribution < -0.4 is 9.47 Å². The molecule has 1 fully saturated rings. The maximum Gasteiger partial charge on any atom is 0.246 e. The Hall–Kier alpha value is -3.16. The number of sulfonamides is 1. The summed E-state index contributed by atoms with van der Waals surface area (Å²) < 4.78 is 66.3. The first-order valence-corrected chi connectivity index (χ1v) is 11.4. The quantitative estimate of drug-likeness (QED) is 0.501. The largest absolute Gasteiger partial charge is 0.497 e. The maximum absolute atomic E-state index is 13.6. The summed E-state index contributed by atoms with van der Waals surface area (Å²) in [6.45, 7) is 1.69. The molecular formula is C20H22F2N6O4S. The molecule has 1 saturated heterocycles. The van der Waals surface area contributed by atoms with Crippen molar-refractivity contribution >= 4 is 10.0 Å². The van der Waals surface area contributed by atoms with Crippen molar-refractivity contribution in [2.45, 2.75) is 11.4 Å². The van der Waals surface area contributed by atoms with Crippen molar-refractivity contribution in [1.82, 2.24) is 29.4 Å². The van der Waals surface area contributed by atoms with Crippen molar-refractivity contribution in [2.75, 3.05) is 40.4 Å². The second kappa shape index (κ2) is 9.37. The lowest BCUT2D eigenvalue weighted by molar-refractivity contribution is 0.176. The molecule has 0 bridgehead atoms. The van der Waals surface area contributed by atoms with Crippen LogP contribution in [0, 0.1) is 11.6 Å². The zero-order valence-corrected chi connectivity index (χ0v) is 18.8. The van der Waals surface area contributed by atoms with Crippen LogP contribution in [-0.4, -0.2) is 78.2 Å². The van der Waals surface area contributed by atoms with E-state index < -0.39 is 21.7 Å². The number of hydrogen-bond donors (Lipinski definition) is 0. The highest BCUT2D eigenvalue weighted by atomic mass is 32.2. The van der Waals surface area contributed by atoms with Crippen molar-refractivity contribution in [3.63, 3.8) is 0 Å². The van der Waals surface area contributed by atoms with E-state index in [1.54, 1.807) is 6.07 Å². The SMILES string of the molecule is COc1ccc(S(=O)(=O)N2CCN(Cc3nnnn3-c3ccc(F)c(F)c3)CC2)c(OC)c1. The monoisotopic (exact) mass is 480 g/mol. The van der Waals surface area contributed by atoms with Crippen LogP contribution in [0.1, 0.15) is 5.82 Å². The molecule has 33 heavy (non-hydrogen) atoms. The number of tetrazole rings is 1. The summed E-state index contributed by atoms with van der Waals surface area (Å²) in [6, 6.07) is 7.97. The zero-order chi connectivity index (χ0) is 23.6. The molecule has 0 saturated carbocycles. The molecule has 3 aromatic rings. The predicted octanol–water partition coefficient (Wildman–Crippen LogP) is 1.46. The predicted molar refractivity (Wildman–Crippen MR) is 113 cm³/mol. The number of rotatable bonds is 7. The molecule has 0 spiro atoms. The second-order valence-electron chi connectivity index (χ2n) is 7.30. The van der Waals surface area contributed by atoms with Gasteiger partial charge in [0, 0.05) is 38.3 Å². The summed E-state index contributed by atoms with van der Waals surface area (Å²) >= 11 is 0. The Balaban J connectivity index is 1.45. The summed E-state index contributed by atoms with van der Waals surface area (Å²) in [5.74, 6) is -0.827. The number of ether oxygens (including phenoxy) is 2. The standard InChI is InChI=1S/C20H22F2N6O4S/c1-31-15-4-6-19(18(12-15)32-2)33(29,30)27-9-7-26(8-10-27)13-20-23-24-25-28(20)14-3-5-16(21)17(22)11-14/h3-6,11-12H,7-10,13H2,1-2H3. The summed E-state index contributed by atoms with van der Waals surface area (Å²) in [5, 5.41) is 11.5. The molecule has 0 N–H and O–H groups in total. The zero-order valence-electron chi connectivity index (χ0n) is 18.0. The van der Waals surface area contributed by atoms with Crippen LogP contribution in [0.5, 0.6) is 11.5 Å². The van der Waals surface area contributed by atoms with Crippen LogP contribution in [0.2, 0.25) is 0 Å². The van der Waals surface area contributed by atoms with Crippen LogP contribution in [0.3, 0.4) is 0 Å². The van der Waals surface area contributed by atoms with E-state index in [1.807, 2.05) is 4.90 Å². The molecule has 1 aliphatic rings. The highest BCUT2D eigenvalue weighted by molar-refractivity contribution is 7.89. The number of halogens is 2. The van der Waals surface area contributed by atoms with E-state index in [2.05, 4.69) is 15.5 Å². The van der Waals surface area contributed by atoms with Crippen LogP contribution in [0.25, 0.3) is 5.69 Å². The first-order chi connectivity index (χ1) is 15.8. The van der Waals surface area contributed by atoms with Gasteiger partial charge in [0.05, 0.1) is 26.5 Å². The molecule has 0 amide bonds. The van der Waals surface area contributed by atoms with Crippen molar-refractivity contribution in [3.05, 3.63) is 53.9 Å². The van der Waals surface area contributed by atoms with Crippen LogP contribution in [0.4, 0.5) is 8.78 Å². The Morgan fingerprint density at radius 1 is 0.970 bits per heavy atom. The van der Waals surface area contributed by atoms with Gasteiger partial charge in [0.1, 0.15) is 16.4 Å². The van der Waals surface area contributed by atoms with Crippen LogP contribution in [-0.2, 0) is 16.6 Å². The Labute approximate surface area is 189 Å². The fourth-order valence-electron chi connectivity index (χ4n) is 3.58. The Morgan fingerprint density at radius 3 is 2.39 bits per heavy atom. The number of aromatic nitrogens is 4. The molecule has 2 aromatic carbocycles. The lowest BCUT2D eigenvalue weighted by atomic mass is 10.3. The average molecular weight is 480 g/mol. The van der Waals surface area contributed by atoms with Gasteiger partial charge >= 0.3 is 0 Å². The molecule has 0 atom stereocenters. The van der Waals surface area contributed by atoms with Gasteiger partial charge in [0.15, 0.2) is 17.5 Å². The Kier molecular flexibility index (Phi) is 6.54. The van der Waals surface area contributed by atoms with Gasteiger partial charge in [-0.2, -0.15) is 8.99 Å². The van der Waals surface area contributed by atoms with E-state index in [9.17, 15) is 17.2 Å².